The quantitative estimate of drug-likeness (QED) is 0.532. The summed E-state index contributed by atoms with van der Waals surface area (Å²) in [4.78, 5) is 14.5. The number of non-ortho nitro benzene ring substituents is 1. The van der Waals surface area contributed by atoms with Crippen molar-refractivity contribution in [2.75, 3.05) is 6.54 Å². The summed E-state index contributed by atoms with van der Waals surface area (Å²) in [5.41, 5.74) is 1.34. The second-order valence-electron chi connectivity index (χ2n) is 5.35. The van der Waals surface area contributed by atoms with Crippen molar-refractivity contribution in [1.82, 2.24) is 9.99 Å². The number of benzene rings is 1. The van der Waals surface area contributed by atoms with Gasteiger partial charge in [-0.3, -0.25) is 20.1 Å². The fraction of sp³-hybridized carbons (Fsp3) is 0.250. The fourth-order valence-corrected chi connectivity index (χ4v) is 2.70. The van der Waals surface area contributed by atoms with Crippen LogP contribution in [0.3, 0.4) is 0 Å². The number of nitrogens with zero attached hydrogens (tertiary/aromatic N) is 4. The lowest BCUT2D eigenvalue weighted by atomic mass is 10.1. The molecule has 2 heterocycles. The summed E-state index contributed by atoms with van der Waals surface area (Å²) in [6, 6.07) is 7.93. The normalized spacial score (nSPS) is 17.7. The third-order valence-electron chi connectivity index (χ3n) is 3.86. The van der Waals surface area contributed by atoms with Gasteiger partial charge in [0.25, 0.3) is 5.69 Å². The summed E-state index contributed by atoms with van der Waals surface area (Å²) in [6.45, 7) is 0.797. The Hall–Kier alpha value is -2.96. The Kier molecular flexibility index (Phi) is 4.18. The molecule has 1 atom stereocenters. The van der Waals surface area contributed by atoms with Gasteiger partial charge in [0.15, 0.2) is 0 Å². The van der Waals surface area contributed by atoms with Crippen molar-refractivity contribution in [1.29, 1.82) is 0 Å². The topological polar surface area (TPSA) is 91.9 Å². The van der Waals surface area contributed by atoms with Crippen LogP contribution >= 0.6 is 0 Å². The monoisotopic (exact) mass is 312 g/mol. The molecule has 0 amide bonds. The van der Waals surface area contributed by atoms with Gasteiger partial charge in [0.05, 0.1) is 17.2 Å². The first-order valence-electron chi connectivity index (χ1n) is 7.33. The molecule has 0 spiro atoms. The summed E-state index contributed by atoms with van der Waals surface area (Å²) in [7, 11) is 0. The SMILES string of the molecule is O=[N+]([O-])c1ccc(O)c(C=NN2CCC[C@H]2c2cccnc2)c1. The molecule has 1 fully saturated rings. The Labute approximate surface area is 133 Å². The van der Waals surface area contributed by atoms with Gasteiger partial charge >= 0.3 is 0 Å². The molecular weight excluding hydrogens is 296 g/mol. The second kappa shape index (κ2) is 6.43. The summed E-state index contributed by atoms with van der Waals surface area (Å²) in [5, 5.41) is 27.0. The maximum absolute atomic E-state index is 10.8. The summed E-state index contributed by atoms with van der Waals surface area (Å²) in [5.74, 6) is -0.0310. The largest absolute Gasteiger partial charge is 0.507 e. The Balaban J connectivity index is 1.82. The molecule has 1 aliphatic heterocycles. The molecule has 1 N–H and O–H groups in total. The van der Waals surface area contributed by atoms with Crippen LogP contribution in [0.4, 0.5) is 5.69 Å². The number of nitro benzene ring substituents is 1. The molecule has 23 heavy (non-hydrogen) atoms. The van der Waals surface area contributed by atoms with Gasteiger partial charge in [0.2, 0.25) is 0 Å². The van der Waals surface area contributed by atoms with Crippen LogP contribution in [0.1, 0.15) is 30.0 Å². The van der Waals surface area contributed by atoms with Crippen molar-refractivity contribution < 1.29 is 10.0 Å². The average Bonchev–Trinajstić information content (AvgIpc) is 3.03. The van der Waals surface area contributed by atoms with Crippen LogP contribution < -0.4 is 0 Å². The van der Waals surface area contributed by atoms with Crippen LogP contribution in [0.5, 0.6) is 5.75 Å². The molecule has 118 valence electrons. The molecular formula is C16H16N4O3. The minimum atomic E-state index is -0.495. The van der Waals surface area contributed by atoms with Crippen molar-refractivity contribution in [3.8, 4) is 5.75 Å². The molecule has 0 unspecified atom stereocenters. The summed E-state index contributed by atoms with van der Waals surface area (Å²) in [6.07, 6.45) is 7.01. The van der Waals surface area contributed by atoms with Crippen molar-refractivity contribution in [2.45, 2.75) is 18.9 Å². The maximum atomic E-state index is 10.8. The Morgan fingerprint density at radius 3 is 3.04 bits per heavy atom. The lowest BCUT2D eigenvalue weighted by Crippen LogP contribution is -2.17. The van der Waals surface area contributed by atoms with Crippen LogP contribution in [-0.4, -0.2) is 32.8 Å². The number of pyridine rings is 1. The lowest BCUT2D eigenvalue weighted by Gasteiger charge is -2.21. The molecule has 1 saturated heterocycles. The number of hydrogen-bond acceptors (Lipinski definition) is 6. The summed E-state index contributed by atoms with van der Waals surface area (Å²) < 4.78 is 0. The van der Waals surface area contributed by atoms with Gasteiger partial charge in [-0.15, -0.1) is 0 Å². The minimum absolute atomic E-state index is 0.0310. The molecule has 1 aromatic heterocycles. The minimum Gasteiger partial charge on any atom is -0.507 e. The molecule has 2 aromatic rings. The smallest absolute Gasteiger partial charge is 0.270 e. The molecule has 0 radical (unpaired) electrons. The predicted molar refractivity (Wildman–Crippen MR) is 85.3 cm³/mol. The van der Waals surface area contributed by atoms with Crippen LogP contribution in [-0.2, 0) is 0 Å². The van der Waals surface area contributed by atoms with E-state index in [0.29, 0.717) is 5.56 Å². The highest BCUT2D eigenvalue weighted by Gasteiger charge is 2.24. The fourth-order valence-electron chi connectivity index (χ4n) is 2.70. The second-order valence-corrected chi connectivity index (χ2v) is 5.35. The zero-order valence-corrected chi connectivity index (χ0v) is 12.4. The van der Waals surface area contributed by atoms with Gasteiger partial charge < -0.3 is 5.11 Å². The first kappa shape index (κ1) is 15.0. The molecule has 7 nitrogen and oxygen atoms in total. The zero-order valence-electron chi connectivity index (χ0n) is 12.4. The van der Waals surface area contributed by atoms with Crippen molar-refractivity contribution in [3.63, 3.8) is 0 Å². The zero-order chi connectivity index (χ0) is 16.2. The van der Waals surface area contributed by atoms with Gasteiger partial charge in [-0.2, -0.15) is 5.10 Å². The van der Waals surface area contributed by atoms with Gasteiger partial charge in [-0.05, 0) is 30.5 Å². The number of aromatic nitrogens is 1. The Morgan fingerprint density at radius 2 is 2.30 bits per heavy atom. The van der Waals surface area contributed by atoms with E-state index in [1.165, 1.54) is 24.4 Å². The van der Waals surface area contributed by atoms with Crippen LogP contribution in [0.25, 0.3) is 0 Å². The number of nitro groups is 1. The first-order valence-corrected chi connectivity index (χ1v) is 7.33. The number of hydrogen-bond donors (Lipinski definition) is 1. The number of rotatable bonds is 4. The van der Waals surface area contributed by atoms with E-state index in [0.717, 1.165) is 24.9 Å². The van der Waals surface area contributed by atoms with Crippen molar-refractivity contribution in [3.05, 3.63) is 64.0 Å². The van der Waals surface area contributed by atoms with Crippen LogP contribution in [0, 0.1) is 10.1 Å². The molecule has 7 heteroatoms. The third-order valence-corrected chi connectivity index (χ3v) is 3.86. The van der Waals surface area contributed by atoms with E-state index in [2.05, 4.69) is 10.1 Å². The van der Waals surface area contributed by atoms with Gasteiger partial charge in [-0.25, -0.2) is 0 Å². The highest BCUT2D eigenvalue weighted by atomic mass is 16.6. The molecule has 1 aliphatic rings. The van der Waals surface area contributed by atoms with E-state index in [4.69, 9.17) is 0 Å². The standard InChI is InChI=1S/C16H16N4O3/c21-16-6-5-14(20(22)23)9-13(16)11-18-19-8-2-4-15(19)12-3-1-7-17-10-12/h1,3,5-7,9-11,15,21H,2,4,8H2/t15-/m0/s1. The predicted octanol–water partition coefficient (Wildman–Crippen LogP) is 2.87. The average molecular weight is 312 g/mol. The lowest BCUT2D eigenvalue weighted by molar-refractivity contribution is -0.384. The number of phenolic OH excluding ortho intramolecular Hbond substituents is 1. The van der Waals surface area contributed by atoms with E-state index >= 15 is 0 Å². The molecule has 0 bridgehead atoms. The highest BCUT2D eigenvalue weighted by molar-refractivity contribution is 5.84. The molecule has 0 aliphatic carbocycles. The van der Waals surface area contributed by atoms with E-state index in [1.807, 2.05) is 23.3 Å². The van der Waals surface area contributed by atoms with Gasteiger partial charge in [0, 0.05) is 36.6 Å². The first-order chi connectivity index (χ1) is 11.1. The molecule has 3 rings (SSSR count). The van der Waals surface area contributed by atoms with E-state index in [9.17, 15) is 15.2 Å². The van der Waals surface area contributed by atoms with E-state index in [1.54, 1.807) is 6.20 Å². The maximum Gasteiger partial charge on any atom is 0.270 e. The van der Waals surface area contributed by atoms with Gasteiger partial charge in [-0.1, -0.05) is 6.07 Å². The Bertz CT molecular complexity index is 733. The number of aromatic hydroxyl groups is 1. The van der Waals surface area contributed by atoms with E-state index in [-0.39, 0.29) is 17.5 Å². The Morgan fingerprint density at radius 1 is 1.43 bits per heavy atom. The van der Waals surface area contributed by atoms with Gasteiger partial charge in [0.1, 0.15) is 5.75 Å². The third kappa shape index (κ3) is 3.28. The van der Waals surface area contributed by atoms with E-state index < -0.39 is 4.92 Å². The number of phenols is 1. The van der Waals surface area contributed by atoms with Crippen LogP contribution in [0.2, 0.25) is 0 Å². The number of hydrazone groups is 1. The van der Waals surface area contributed by atoms with Crippen molar-refractivity contribution >= 4 is 11.9 Å². The molecule has 0 saturated carbocycles. The van der Waals surface area contributed by atoms with Crippen LogP contribution in [0.15, 0.2) is 47.8 Å². The highest BCUT2D eigenvalue weighted by Crippen LogP contribution is 2.31. The summed E-state index contributed by atoms with van der Waals surface area (Å²) >= 11 is 0. The van der Waals surface area contributed by atoms with Crippen molar-refractivity contribution in [2.24, 2.45) is 5.10 Å². The molecule has 1 aromatic carbocycles.